The van der Waals surface area contributed by atoms with E-state index in [1.165, 1.54) is 11.3 Å². The van der Waals surface area contributed by atoms with Crippen LogP contribution in [0.15, 0.2) is 35.0 Å². The van der Waals surface area contributed by atoms with Crippen molar-refractivity contribution >= 4 is 34.8 Å². The van der Waals surface area contributed by atoms with Crippen molar-refractivity contribution in [2.75, 3.05) is 0 Å². The molecule has 1 fully saturated rings. The Labute approximate surface area is 179 Å². The first-order valence-electron chi connectivity index (χ1n) is 9.25. The molecular formula is C21H23ClN4O2S. The van der Waals surface area contributed by atoms with E-state index >= 15 is 0 Å². The fourth-order valence-electron chi connectivity index (χ4n) is 3.11. The molecule has 3 rings (SSSR count). The number of amides is 2. The number of halogens is 1. The van der Waals surface area contributed by atoms with Crippen LogP contribution in [0.3, 0.4) is 0 Å². The van der Waals surface area contributed by atoms with E-state index in [-0.39, 0.29) is 11.8 Å². The van der Waals surface area contributed by atoms with Crippen molar-refractivity contribution in [3.05, 3.63) is 56.7 Å². The molecule has 8 heteroatoms. The third-order valence-corrected chi connectivity index (χ3v) is 5.84. The highest BCUT2D eigenvalue weighted by molar-refractivity contribution is 7.08. The highest BCUT2D eigenvalue weighted by Gasteiger charge is 2.38. The van der Waals surface area contributed by atoms with Gasteiger partial charge in [-0.25, -0.2) is 0 Å². The van der Waals surface area contributed by atoms with Crippen LogP contribution in [0.2, 0.25) is 5.02 Å². The van der Waals surface area contributed by atoms with Crippen LogP contribution in [0.25, 0.3) is 0 Å². The molecule has 29 heavy (non-hydrogen) atoms. The second kappa shape index (κ2) is 8.54. The smallest absolute Gasteiger partial charge is 0.240 e. The zero-order chi connectivity index (χ0) is 21.2. The monoisotopic (exact) mass is 430 g/mol. The predicted molar refractivity (Wildman–Crippen MR) is 113 cm³/mol. The first-order valence-corrected chi connectivity index (χ1v) is 10.6. The Morgan fingerprint density at radius 1 is 1.34 bits per heavy atom. The lowest BCUT2D eigenvalue weighted by Crippen LogP contribution is -2.52. The summed E-state index contributed by atoms with van der Waals surface area (Å²) in [5.41, 5.74) is 1.98. The molecule has 1 aliphatic rings. The maximum atomic E-state index is 12.6. The first kappa shape index (κ1) is 21.3. The fraction of sp³-hybridized carbons (Fsp3) is 0.381. The van der Waals surface area contributed by atoms with Crippen molar-refractivity contribution in [1.82, 2.24) is 16.0 Å². The molecule has 1 aromatic heterocycles. The largest absolute Gasteiger partial charge is 0.352 e. The summed E-state index contributed by atoms with van der Waals surface area (Å²) in [6.45, 7) is 5.92. The molecule has 6 nitrogen and oxygen atoms in total. The number of hydrogen-bond donors (Lipinski definition) is 3. The topological polar surface area (TPSA) is 94.0 Å². The van der Waals surface area contributed by atoms with Crippen LogP contribution in [-0.2, 0) is 16.1 Å². The summed E-state index contributed by atoms with van der Waals surface area (Å²) in [6.07, 6.45) is -0.539. The number of hydrogen-bond acceptors (Lipinski definition) is 5. The van der Waals surface area contributed by atoms with Crippen LogP contribution < -0.4 is 16.0 Å². The van der Waals surface area contributed by atoms with Gasteiger partial charge in [0.05, 0.1) is 12.1 Å². The van der Waals surface area contributed by atoms with E-state index in [0.29, 0.717) is 17.1 Å². The Bertz CT molecular complexity index is 947. The van der Waals surface area contributed by atoms with Gasteiger partial charge in [-0.3, -0.25) is 14.9 Å². The van der Waals surface area contributed by atoms with Gasteiger partial charge in [0.2, 0.25) is 11.8 Å². The lowest BCUT2D eigenvalue weighted by atomic mass is 9.91. The lowest BCUT2D eigenvalue weighted by Gasteiger charge is -2.35. The molecule has 2 amide bonds. The fourth-order valence-corrected chi connectivity index (χ4v) is 4.04. The van der Waals surface area contributed by atoms with Crippen LogP contribution in [0.4, 0.5) is 0 Å². The average Bonchev–Trinajstić information content (AvgIpc) is 3.20. The summed E-state index contributed by atoms with van der Waals surface area (Å²) in [4.78, 5) is 24.7. The predicted octanol–water partition coefficient (Wildman–Crippen LogP) is 3.66. The zero-order valence-corrected chi connectivity index (χ0v) is 18.0. The molecule has 152 valence electrons. The minimum atomic E-state index is -0.825. The standard InChI is InChI=1S/C21H23ClN4O2S/c1-21(2,3)20(28)24-10-12-4-5-16(22)14(8-12)18-25-17(13-6-7-29-11-13)15(9-23)19(27)26-18/h4-8,11,15,17-18,25H,10H2,1-3H3,(H,24,28)(H,26,27). The van der Waals surface area contributed by atoms with Crippen molar-refractivity contribution < 1.29 is 9.59 Å². The first-order chi connectivity index (χ1) is 13.7. The Hall–Kier alpha value is -2.40. The van der Waals surface area contributed by atoms with E-state index in [1.807, 2.05) is 49.7 Å². The van der Waals surface area contributed by atoms with Crippen molar-refractivity contribution in [2.24, 2.45) is 11.3 Å². The van der Waals surface area contributed by atoms with Gasteiger partial charge in [0.1, 0.15) is 12.1 Å². The summed E-state index contributed by atoms with van der Waals surface area (Å²) in [5.74, 6) is -1.21. The number of rotatable bonds is 4. The third kappa shape index (κ3) is 4.78. The lowest BCUT2D eigenvalue weighted by molar-refractivity contribution is -0.129. The molecule has 3 unspecified atom stereocenters. The van der Waals surface area contributed by atoms with Crippen LogP contribution in [-0.4, -0.2) is 11.8 Å². The maximum absolute atomic E-state index is 12.6. The van der Waals surface area contributed by atoms with E-state index in [2.05, 4.69) is 22.0 Å². The number of nitrogens with zero attached hydrogens (tertiary/aromatic N) is 1. The number of carbonyl (C=O) groups excluding carboxylic acids is 2. The van der Waals surface area contributed by atoms with Gasteiger partial charge in [-0.05, 0) is 40.1 Å². The second-order valence-electron chi connectivity index (χ2n) is 8.04. The van der Waals surface area contributed by atoms with Crippen molar-refractivity contribution in [2.45, 2.75) is 39.5 Å². The second-order valence-corrected chi connectivity index (χ2v) is 9.23. The SMILES string of the molecule is CC(C)(C)C(=O)NCc1ccc(Cl)c(C2NC(=O)C(C#N)C(c3ccsc3)N2)c1. The molecular weight excluding hydrogens is 408 g/mol. The van der Waals surface area contributed by atoms with Gasteiger partial charge in [-0.1, -0.05) is 38.4 Å². The number of benzene rings is 1. The molecule has 2 aromatic rings. The highest BCUT2D eigenvalue weighted by Crippen LogP contribution is 2.33. The summed E-state index contributed by atoms with van der Waals surface area (Å²) < 4.78 is 0. The van der Waals surface area contributed by atoms with Gasteiger partial charge < -0.3 is 10.6 Å². The van der Waals surface area contributed by atoms with Crippen molar-refractivity contribution in [1.29, 1.82) is 5.26 Å². The van der Waals surface area contributed by atoms with E-state index in [9.17, 15) is 14.9 Å². The Balaban J connectivity index is 1.83. The molecule has 0 radical (unpaired) electrons. The van der Waals surface area contributed by atoms with Gasteiger partial charge in [-0.15, -0.1) is 0 Å². The Kier molecular flexibility index (Phi) is 6.27. The molecule has 0 bridgehead atoms. The van der Waals surface area contributed by atoms with Gasteiger partial charge >= 0.3 is 0 Å². The highest BCUT2D eigenvalue weighted by atomic mass is 35.5. The van der Waals surface area contributed by atoms with Gasteiger partial charge in [-0.2, -0.15) is 16.6 Å². The van der Waals surface area contributed by atoms with E-state index < -0.39 is 23.5 Å². The van der Waals surface area contributed by atoms with Crippen LogP contribution in [0.1, 0.15) is 49.7 Å². The summed E-state index contributed by atoms with van der Waals surface area (Å²) in [6, 6.07) is 9.02. The molecule has 0 spiro atoms. The van der Waals surface area contributed by atoms with E-state index in [4.69, 9.17) is 11.6 Å². The third-order valence-electron chi connectivity index (χ3n) is 4.80. The molecule has 1 aliphatic heterocycles. The number of carbonyl (C=O) groups is 2. The molecule has 3 N–H and O–H groups in total. The Morgan fingerprint density at radius 2 is 2.10 bits per heavy atom. The van der Waals surface area contributed by atoms with Crippen molar-refractivity contribution in [3.63, 3.8) is 0 Å². The summed E-state index contributed by atoms with van der Waals surface area (Å²) >= 11 is 7.93. The number of thiophene rings is 1. The molecule has 2 heterocycles. The molecule has 0 saturated carbocycles. The number of nitriles is 1. The zero-order valence-electron chi connectivity index (χ0n) is 16.5. The van der Waals surface area contributed by atoms with E-state index in [0.717, 1.165) is 11.1 Å². The maximum Gasteiger partial charge on any atom is 0.240 e. The Morgan fingerprint density at radius 3 is 2.72 bits per heavy atom. The molecule has 1 saturated heterocycles. The quantitative estimate of drug-likeness (QED) is 0.689. The van der Waals surface area contributed by atoms with Gasteiger partial charge in [0.25, 0.3) is 0 Å². The normalized spacial score (nSPS) is 21.9. The molecule has 0 aliphatic carbocycles. The molecule has 1 aromatic carbocycles. The minimum Gasteiger partial charge on any atom is -0.352 e. The minimum absolute atomic E-state index is 0.0486. The van der Waals surface area contributed by atoms with Crippen molar-refractivity contribution in [3.8, 4) is 6.07 Å². The van der Waals surface area contributed by atoms with Gasteiger partial charge in [0.15, 0.2) is 0 Å². The average molecular weight is 431 g/mol. The van der Waals surface area contributed by atoms with Gasteiger partial charge in [0, 0.05) is 22.5 Å². The van der Waals surface area contributed by atoms with E-state index in [1.54, 1.807) is 6.07 Å². The van der Waals surface area contributed by atoms with Crippen LogP contribution >= 0.6 is 22.9 Å². The summed E-state index contributed by atoms with van der Waals surface area (Å²) in [5, 5.41) is 22.9. The summed E-state index contributed by atoms with van der Waals surface area (Å²) in [7, 11) is 0. The van der Waals surface area contributed by atoms with Crippen LogP contribution in [0, 0.1) is 22.7 Å². The van der Waals surface area contributed by atoms with Crippen LogP contribution in [0.5, 0.6) is 0 Å². The number of nitrogens with one attached hydrogen (secondary N) is 3. The molecule has 3 atom stereocenters.